The molecule has 6 nitrogen and oxygen atoms in total. The fourth-order valence-corrected chi connectivity index (χ4v) is 1.43. The molecule has 0 aromatic heterocycles. The van der Waals surface area contributed by atoms with Gasteiger partial charge < -0.3 is 25.7 Å². The van der Waals surface area contributed by atoms with E-state index in [0.29, 0.717) is 0 Å². The zero-order valence-electron chi connectivity index (χ0n) is 10.2. The summed E-state index contributed by atoms with van der Waals surface area (Å²) in [5.74, 6) is -2.99. The van der Waals surface area contributed by atoms with E-state index in [-0.39, 0.29) is 13.2 Å². The van der Waals surface area contributed by atoms with Crippen LogP contribution in [-0.4, -0.2) is 67.2 Å². The first-order valence-electron chi connectivity index (χ1n) is 5.12. The lowest BCUT2D eigenvalue weighted by atomic mass is 10.1. The highest BCUT2D eigenvalue weighted by molar-refractivity contribution is 5.83. The number of alkyl halides is 3. The Hall–Kier alpha value is -1.06. The van der Waals surface area contributed by atoms with E-state index in [0.717, 1.165) is 0 Å². The summed E-state index contributed by atoms with van der Waals surface area (Å²) < 4.78 is 42.5. The van der Waals surface area contributed by atoms with Gasteiger partial charge in [-0.2, -0.15) is 13.2 Å². The molecule has 0 aliphatic carbocycles. The molecule has 2 unspecified atom stereocenters. The molecular formula is C9H18F3N3O3. The molecule has 0 fully saturated rings. The van der Waals surface area contributed by atoms with E-state index in [9.17, 15) is 18.3 Å². The van der Waals surface area contributed by atoms with Crippen LogP contribution in [0.1, 0.15) is 0 Å². The molecule has 0 radical (unpaired) electrons. The molecule has 0 aromatic rings. The van der Waals surface area contributed by atoms with E-state index in [1.165, 1.54) is 19.1 Å². The van der Waals surface area contributed by atoms with Crippen LogP contribution in [0.4, 0.5) is 13.2 Å². The summed E-state index contributed by atoms with van der Waals surface area (Å²) >= 11 is 0. The predicted octanol–water partition coefficient (Wildman–Crippen LogP) is -0.150. The largest absolute Gasteiger partial charge is 0.409 e. The zero-order valence-corrected chi connectivity index (χ0v) is 10.2. The second-order valence-electron chi connectivity index (χ2n) is 3.95. The van der Waals surface area contributed by atoms with E-state index in [4.69, 9.17) is 10.9 Å². The number of nitrogens with two attached hydrogens (primary N) is 1. The third-order valence-electron chi connectivity index (χ3n) is 2.24. The summed E-state index contributed by atoms with van der Waals surface area (Å²) in [6.07, 6.45) is -5.52. The number of rotatable bonds is 7. The second-order valence-corrected chi connectivity index (χ2v) is 3.95. The van der Waals surface area contributed by atoms with Crippen LogP contribution in [0, 0.1) is 5.92 Å². The summed E-state index contributed by atoms with van der Waals surface area (Å²) in [6, 6.07) is 0. The Bertz CT molecular complexity index is 274. The number of hydrogen-bond donors (Lipinski definition) is 3. The van der Waals surface area contributed by atoms with Crippen LogP contribution in [0.25, 0.3) is 0 Å². The predicted molar refractivity (Wildman–Crippen MR) is 58.3 cm³/mol. The van der Waals surface area contributed by atoms with Crippen LogP contribution in [-0.2, 0) is 4.74 Å². The lowest BCUT2D eigenvalue weighted by molar-refractivity contribution is -0.160. The number of methoxy groups -OCH3 is 1. The van der Waals surface area contributed by atoms with Crippen molar-refractivity contribution in [2.45, 2.75) is 12.3 Å². The highest BCUT2D eigenvalue weighted by Crippen LogP contribution is 2.27. The summed E-state index contributed by atoms with van der Waals surface area (Å²) in [7, 11) is 2.76. The molecule has 2 atom stereocenters. The number of aliphatic hydroxyl groups excluding tert-OH is 1. The first kappa shape index (κ1) is 16.9. The fraction of sp³-hybridized carbons (Fsp3) is 0.889. The van der Waals surface area contributed by atoms with Gasteiger partial charge in [0, 0.05) is 20.2 Å². The minimum absolute atomic E-state index is 0.0148. The summed E-state index contributed by atoms with van der Waals surface area (Å²) in [6.45, 7) is -0.510. The molecule has 0 saturated carbocycles. The summed E-state index contributed by atoms with van der Waals surface area (Å²) in [5, 5.41) is 20.1. The van der Waals surface area contributed by atoms with Crippen molar-refractivity contribution in [1.29, 1.82) is 0 Å². The summed E-state index contributed by atoms with van der Waals surface area (Å²) in [5.41, 5.74) is 5.01. The van der Waals surface area contributed by atoms with E-state index < -0.39 is 30.6 Å². The number of oxime groups is 1. The molecule has 4 N–H and O–H groups in total. The third-order valence-corrected chi connectivity index (χ3v) is 2.24. The van der Waals surface area contributed by atoms with Crippen molar-refractivity contribution in [2.24, 2.45) is 16.8 Å². The molecule has 0 spiro atoms. The number of halogens is 3. The normalized spacial score (nSPS) is 16.9. The standard InChI is InChI=1S/C9H18F3N3O3/c1-15(3-6(16)5-18-2)4-7(8(13)14-17)9(10,11)12/h6-7,16-17H,3-5H2,1-2H3,(H2,13,14). The van der Waals surface area contributed by atoms with Gasteiger partial charge in [0.05, 0.1) is 12.7 Å². The van der Waals surface area contributed by atoms with Crippen molar-refractivity contribution in [3.8, 4) is 0 Å². The fourth-order valence-electron chi connectivity index (χ4n) is 1.43. The highest BCUT2D eigenvalue weighted by atomic mass is 19.4. The zero-order chi connectivity index (χ0) is 14.3. The van der Waals surface area contributed by atoms with Gasteiger partial charge in [0.15, 0.2) is 5.84 Å². The van der Waals surface area contributed by atoms with Crippen LogP contribution >= 0.6 is 0 Å². The molecule has 0 amide bonds. The van der Waals surface area contributed by atoms with Crippen LogP contribution in [0.5, 0.6) is 0 Å². The van der Waals surface area contributed by atoms with E-state index in [1.807, 2.05) is 0 Å². The SMILES string of the molecule is COCC(O)CN(C)CC(C(N)=NO)C(F)(F)F. The Morgan fingerprint density at radius 2 is 2.00 bits per heavy atom. The molecule has 0 saturated heterocycles. The van der Waals surface area contributed by atoms with Gasteiger partial charge in [-0.3, -0.25) is 0 Å². The van der Waals surface area contributed by atoms with Gasteiger partial charge in [0.2, 0.25) is 0 Å². The highest BCUT2D eigenvalue weighted by Gasteiger charge is 2.43. The number of likely N-dealkylation sites (N-methyl/N-ethyl adjacent to an activating group) is 1. The summed E-state index contributed by atoms with van der Waals surface area (Å²) in [4.78, 5) is 1.24. The van der Waals surface area contributed by atoms with Crippen LogP contribution < -0.4 is 5.73 Å². The maximum absolute atomic E-state index is 12.6. The first-order valence-corrected chi connectivity index (χ1v) is 5.12. The average Bonchev–Trinajstić information content (AvgIpc) is 2.23. The third kappa shape index (κ3) is 6.03. The van der Waals surface area contributed by atoms with Crippen LogP contribution in [0.15, 0.2) is 5.16 Å². The van der Waals surface area contributed by atoms with E-state index >= 15 is 0 Å². The van der Waals surface area contributed by atoms with Crippen LogP contribution in [0.3, 0.4) is 0 Å². The molecular weight excluding hydrogens is 255 g/mol. The maximum Gasteiger partial charge on any atom is 0.400 e. The molecule has 9 heteroatoms. The van der Waals surface area contributed by atoms with Crippen molar-refractivity contribution in [3.63, 3.8) is 0 Å². The van der Waals surface area contributed by atoms with Gasteiger partial charge in [-0.1, -0.05) is 5.16 Å². The molecule has 0 bridgehead atoms. The van der Waals surface area contributed by atoms with Gasteiger partial charge >= 0.3 is 6.18 Å². The van der Waals surface area contributed by atoms with Crippen molar-refractivity contribution >= 4 is 5.84 Å². The Kier molecular flexibility index (Phi) is 6.96. The molecule has 108 valence electrons. The molecule has 0 rings (SSSR count). The van der Waals surface area contributed by atoms with Gasteiger partial charge in [0.25, 0.3) is 0 Å². The maximum atomic E-state index is 12.6. The topological polar surface area (TPSA) is 91.3 Å². The number of hydrogen-bond acceptors (Lipinski definition) is 5. The van der Waals surface area contributed by atoms with Gasteiger partial charge in [-0.25, -0.2) is 0 Å². The quantitative estimate of drug-likeness (QED) is 0.260. The number of amidine groups is 1. The minimum atomic E-state index is -4.61. The van der Waals surface area contributed by atoms with E-state index in [1.54, 1.807) is 0 Å². The van der Waals surface area contributed by atoms with Crippen molar-refractivity contribution in [2.75, 3.05) is 33.9 Å². The molecule has 0 heterocycles. The molecule has 0 aliphatic rings. The lowest BCUT2D eigenvalue weighted by Gasteiger charge is -2.26. The molecule has 18 heavy (non-hydrogen) atoms. The monoisotopic (exact) mass is 273 g/mol. The Labute approximate surface area is 103 Å². The van der Waals surface area contributed by atoms with Crippen molar-refractivity contribution in [1.82, 2.24) is 4.90 Å². The van der Waals surface area contributed by atoms with Crippen molar-refractivity contribution in [3.05, 3.63) is 0 Å². The van der Waals surface area contributed by atoms with Gasteiger partial charge in [-0.15, -0.1) is 0 Å². The molecule has 0 aromatic carbocycles. The van der Waals surface area contributed by atoms with Gasteiger partial charge in [-0.05, 0) is 7.05 Å². The number of nitrogens with zero attached hydrogens (tertiary/aromatic N) is 2. The van der Waals surface area contributed by atoms with Crippen LogP contribution in [0.2, 0.25) is 0 Å². The minimum Gasteiger partial charge on any atom is -0.409 e. The van der Waals surface area contributed by atoms with Crippen molar-refractivity contribution < 1.29 is 28.2 Å². The lowest BCUT2D eigenvalue weighted by Crippen LogP contribution is -2.45. The second kappa shape index (κ2) is 7.39. The Morgan fingerprint density at radius 3 is 2.39 bits per heavy atom. The molecule has 0 aliphatic heterocycles. The number of aliphatic hydroxyl groups is 1. The number of ether oxygens (including phenoxy) is 1. The Morgan fingerprint density at radius 1 is 1.44 bits per heavy atom. The van der Waals surface area contributed by atoms with E-state index in [2.05, 4.69) is 9.89 Å². The van der Waals surface area contributed by atoms with Gasteiger partial charge in [0.1, 0.15) is 5.92 Å². The Balaban J connectivity index is 4.51. The first-order chi connectivity index (χ1) is 8.22. The smallest absolute Gasteiger partial charge is 0.400 e. The average molecular weight is 273 g/mol.